The molecule has 0 bridgehead atoms. The maximum absolute atomic E-state index is 14.3. The van der Waals surface area contributed by atoms with Crippen molar-refractivity contribution in [1.29, 1.82) is 0 Å². The van der Waals surface area contributed by atoms with Gasteiger partial charge in [-0.2, -0.15) is 0 Å². The van der Waals surface area contributed by atoms with Crippen LogP contribution in [-0.2, 0) is 4.79 Å². The third-order valence-electron chi connectivity index (χ3n) is 3.93. The summed E-state index contributed by atoms with van der Waals surface area (Å²) >= 11 is 0. The lowest BCUT2D eigenvalue weighted by molar-refractivity contribution is -0.137. The molecule has 0 fully saturated rings. The standard InChI is InChI=1S/C22H18F2O4/c23-19-13-16(14-20(24)22(19)27-11-5-10-21(25)26)15-6-4-9-18(12-15)28-17-7-2-1-3-8-17/h1-4,6-9,12-14H,5,10-11H2,(H,25,26). The van der Waals surface area contributed by atoms with E-state index in [0.29, 0.717) is 22.6 Å². The van der Waals surface area contributed by atoms with E-state index in [9.17, 15) is 13.6 Å². The van der Waals surface area contributed by atoms with Crippen molar-refractivity contribution in [2.75, 3.05) is 6.61 Å². The summed E-state index contributed by atoms with van der Waals surface area (Å²) in [6.07, 6.45) is 0.0321. The Morgan fingerprint density at radius 2 is 1.54 bits per heavy atom. The topological polar surface area (TPSA) is 55.8 Å². The molecule has 0 unspecified atom stereocenters. The summed E-state index contributed by atoms with van der Waals surface area (Å²) in [6, 6.07) is 18.4. The predicted molar refractivity (Wildman–Crippen MR) is 101 cm³/mol. The van der Waals surface area contributed by atoms with Crippen molar-refractivity contribution in [3.05, 3.63) is 78.4 Å². The van der Waals surface area contributed by atoms with Crippen LogP contribution < -0.4 is 9.47 Å². The Bertz CT molecular complexity index is 935. The molecule has 0 aliphatic carbocycles. The fourth-order valence-electron chi connectivity index (χ4n) is 2.63. The van der Waals surface area contributed by atoms with Gasteiger partial charge < -0.3 is 14.6 Å². The molecule has 0 aromatic heterocycles. The van der Waals surface area contributed by atoms with Gasteiger partial charge >= 0.3 is 5.97 Å². The number of aliphatic carboxylic acids is 1. The number of halogens is 2. The third kappa shape index (κ3) is 5.07. The van der Waals surface area contributed by atoms with Gasteiger partial charge in [-0.15, -0.1) is 0 Å². The van der Waals surface area contributed by atoms with E-state index in [1.165, 1.54) is 12.1 Å². The highest BCUT2D eigenvalue weighted by molar-refractivity contribution is 5.67. The number of benzene rings is 3. The smallest absolute Gasteiger partial charge is 0.303 e. The SMILES string of the molecule is O=C(O)CCCOc1c(F)cc(-c2cccc(Oc3ccccc3)c2)cc1F. The molecular weight excluding hydrogens is 366 g/mol. The van der Waals surface area contributed by atoms with Gasteiger partial charge in [0.05, 0.1) is 6.61 Å². The van der Waals surface area contributed by atoms with Crippen molar-refractivity contribution in [3.63, 3.8) is 0 Å². The van der Waals surface area contributed by atoms with E-state index in [4.69, 9.17) is 14.6 Å². The summed E-state index contributed by atoms with van der Waals surface area (Å²) in [5.74, 6) is -2.00. The second-order valence-electron chi connectivity index (χ2n) is 6.06. The lowest BCUT2D eigenvalue weighted by Gasteiger charge is -2.11. The minimum atomic E-state index is -0.988. The van der Waals surface area contributed by atoms with Gasteiger partial charge in [-0.25, -0.2) is 8.78 Å². The first-order valence-corrected chi connectivity index (χ1v) is 8.70. The molecule has 4 nitrogen and oxygen atoms in total. The van der Waals surface area contributed by atoms with Crippen LogP contribution in [0.15, 0.2) is 66.7 Å². The van der Waals surface area contributed by atoms with Gasteiger partial charge in [-0.1, -0.05) is 30.3 Å². The Kier molecular flexibility index (Phi) is 6.22. The molecule has 0 spiro atoms. The zero-order valence-corrected chi connectivity index (χ0v) is 14.9. The Morgan fingerprint density at radius 1 is 0.857 bits per heavy atom. The van der Waals surface area contributed by atoms with E-state index < -0.39 is 23.4 Å². The Balaban J connectivity index is 1.76. The van der Waals surface area contributed by atoms with Gasteiger partial charge in [-0.05, 0) is 53.9 Å². The molecule has 3 aromatic rings. The number of carboxylic acid groups (broad SMARTS) is 1. The third-order valence-corrected chi connectivity index (χ3v) is 3.93. The molecule has 0 atom stereocenters. The molecule has 0 aliphatic heterocycles. The molecule has 0 radical (unpaired) electrons. The second kappa shape index (κ2) is 8.99. The van der Waals surface area contributed by atoms with E-state index in [0.717, 1.165) is 0 Å². The van der Waals surface area contributed by atoms with Crippen molar-refractivity contribution in [3.8, 4) is 28.4 Å². The molecule has 0 heterocycles. The van der Waals surface area contributed by atoms with Crippen molar-refractivity contribution >= 4 is 5.97 Å². The first-order chi connectivity index (χ1) is 13.5. The first-order valence-electron chi connectivity index (χ1n) is 8.70. The summed E-state index contributed by atoms with van der Waals surface area (Å²) in [5, 5.41) is 8.58. The van der Waals surface area contributed by atoms with Crippen LogP contribution in [0.5, 0.6) is 17.2 Å². The minimum absolute atomic E-state index is 0.0834. The molecule has 144 valence electrons. The largest absolute Gasteiger partial charge is 0.488 e. The highest BCUT2D eigenvalue weighted by atomic mass is 19.1. The number of rotatable bonds is 8. The minimum Gasteiger partial charge on any atom is -0.488 e. The van der Waals surface area contributed by atoms with Gasteiger partial charge in [0.1, 0.15) is 11.5 Å². The molecule has 0 aliphatic rings. The van der Waals surface area contributed by atoms with Crippen LogP contribution in [0.1, 0.15) is 12.8 Å². The fourth-order valence-corrected chi connectivity index (χ4v) is 2.63. The summed E-state index contributed by atoms with van der Waals surface area (Å²) in [6.45, 7) is -0.0834. The zero-order chi connectivity index (χ0) is 19.9. The maximum atomic E-state index is 14.3. The number of carboxylic acids is 1. The molecule has 3 rings (SSSR count). The van der Waals surface area contributed by atoms with Crippen LogP contribution >= 0.6 is 0 Å². The van der Waals surface area contributed by atoms with Gasteiger partial charge in [0.25, 0.3) is 0 Å². The van der Waals surface area contributed by atoms with Crippen LogP contribution in [0.3, 0.4) is 0 Å². The monoisotopic (exact) mass is 384 g/mol. The Hall–Kier alpha value is -3.41. The summed E-state index contributed by atoms with van der Waals surface area (Å²) in [5.41, 5.74) is 0.926. The first kappa shape index (κ1) is 19.4. The molecule has 3 aromatic carbocycles. The van der Waals surface area contributed by atoms with Crippen LogP contribution in [0.4, 0.5) is 8.78 Å². The summed E-state index contributed by atoms with van der Waals surface area (Å²) < 4.78 is 39.5. The summed E-state index contributed by atoms with van der Waals surface area (Å²) in [4.78, 5) is 10.5. The zero-order valence-electron chi connectivity index (χ0n) is 14.9. The second-order valence-corrected chi connectivity index (χ2v) is 6.06. The van der Waals surface area contributed by atoms with E-state index in [1.807, 2.05) is 30.3 Å². The number of carbonyl (C=O) groups is 1. The molecule has 28 heavy (non-hydrogen) atoms. The number of hydrogen-bond acceptors (Lipinski definition) is 3. The highest BCUT2D eigenvalue weighted by Gasteiger charge is 2.14. The molecule has 0 saturated carbocycles. The lowest BCUT2D eigenvalue weighted by Crippen LogP contribution is -2.04. The van der Waals surface area contributed by atoms with Crippen molar-refractivity contribution in [1.82, 2.24) is 0 Å². The summed E-state index contributed by atoms with van der Waals surface area (Å²) in [7, 11) is 0. The van der Waals surface area contributed by atoms with Crippen molar-refractivity contribution in [2.45, 2.75) is 12.8 Å². The van der Waals surface area contributed by atoms with Crippen molar-refractivity contribution < 1.29 is 28.2 Å². The van der Waals surface area contributed by atoms with E-state index in [1.54, 1.807) is 24.3 Å². The normalized spacial score (nSPS) is 10.5. The molecule has 0 amide bonds. The number of para-hydroxylation sites is 1. The van der Waals surface area contributed by atoms with Gasteiger partial charge in [0, 0.05) is 6.42 Å². The lowest BCUT2D eigenvalue weighted by atomic mass is 10.0. The Morgan fingerprint density at radius 3 is 2.21 bits per heavy atom. The Labute approximate surface area is 161 Å². The van der Waals surface area contributed by atoms with E-state index in [-0.39, 0.29) is 19.4 Å². The van der Waals surface area contributed by atoms with E-state index in [2.05, 4.69) is 0 Å². The molecule has 0 saturated heterocycles. The van der Waals surface area contributed by atoms with Crippen LogP contribution in [0, 0.1) is 11.6 Å². The fraction of sp³-hybridized carbons (Fsp3) is 0.136. The van der Waals surface area contributed by atoms with Crippen molar-refractivity contribution in [2.24, 2.45) is 0 Å². The quantitative estimate of drug-likeness (QED) is 0.509. The van der Waals surface area contributed by atoms with Crippen LogP contribution in [-0.4, -0.2) is 17.7 Å². The average molecular weight is 384 g/mol. The molecular formula is C22H18F2O4. The maximum Gasteiger partial charge on any atom is 0.303 e. The van der Waals surface area contributed by atoms with Gasteiger partial charge in [0.2, 0.25) is 0 Å². The van der Waals surface area contributed by atoms with E-state index >= 15 is 0 Å². The average Bonchev–Trinajstić information content (AvgIpc) is 2.67. The molecule has 6 heteroatoms. The number of hydrogen-bond donors (Lipinski definition) is 1. The highest BCUT2D eigenvalue weighted by Crippen LogP contribution is 2.32. The number of ether oxygens (including phenoxy) is 2. The van der Waals surface area contributed by atoms with Gasteiger partial charge in [0.15, 0.2) is 17.4 Å². The van der Waals surface area contributed by atoms with Crippen LogP contribution in [0.2, 0.25) is 0 Å². The predicted octanol–water partition coefficient (Wildman–Crippen LogP) is 5.67. The van der Waals surface area contributed by atoms with Crippen LogP contribution in [0.25, 0.3) is 11.1 Å². The van der Waals surface area contributed by atoms with Gasteiger partial charge in [-0.3, -0.25) is 4.79 Å². The molecule has 1 N–H and O–H groups in total.